The Bertz CT molecular complexity index is 346. The quantitative estimate of drug-likeness (QED) is 0.830. The second-order valence-electron chi connectivity index (χ2n) is 5.22. The Labute approximate surface area is 103 Å². The van der Waals surface area contributed by atoms with Crippen molar-refractivity contribution in [2.45, 2.75) is 51.6 Å². The van der Waals surface area contributed by atoms with E-state index in [1.165, 1.54) is 43.4 Å². The van der Waals surface area contributed by atoms with Gasteiger partial charge in [0.1, 0.15) is 5.82 Å². The van der Waals surface area contributed by atoms with E-state index in [1.54, 1.807) is 0 Å². The number of benzene rings is 1. The fourth-order valence-corrected chi connectivity index (χ4v) is 2.80. The van der Waals surface area contributed by atoms with Crippen LogP contribution in [-0.4, -0.2) is 6.04 Å². The van der Waals surface area contributed by atoms with Crippen molar-refractivity contribution in [3.05, 3.63) is 35.6 Å². The lowest BCUT2D eigenvalue weighted by Crippen LogP contribution is -2.29. The molecule has 1 aliphatic carbocycles. The second kappa shape index (κ2) is 5.63. The third-order valence-electron chi connectivity index (χ3n) is 3.97. The SMILES string of the molecule is CCC1CCC(N[C@@H](C)c2ccc(F)cc2)C1. The minimum atomic E-state index is -0.159. The number of halogens is 1. The molecule has 1 aromatic carbocycles. The van der Waals surface area contributed by atoms with Crippen molar-refractivity contribution in [3.8, 4) is 0 Å². The van der Waals surface area contributed by atoms with Crippen molar-refractivity contribution < 1.29 is 4.39 Å². The van der Waals surface area contributed by atoms with Gasteiger partial charge < -0.3 is 5.32 Å². The summed E-state index contributed by atoms with van der Waals surface area (Å²) in [4.78, 5) is 0. The average Bonchev–Trinajstić information content (AvgIpc) is 2.77. The molecule has 1 aliphatic rings. The van der Waals surface area contributed by atoms with Crippen LogP contribution in [-0.2, 0) is 0 Å². The normalized spacial score (nSPS) is 26.1. The molecule has 1 N–H and O–H groups in total. The van der Waals surface area contributed by atoms with Gasteiger partial charge in [0.25, 0.3) is 0 Å². The molecule has 94 valence electrons. The van der Waals surface area contributed by atoms with E-state index >= 15 is 0 Å². The van der Waals surface area contributed by atoms with Crippen LogP contribution in [0.5, 0.6) is 0 Å². The molecule has 1 aromatic rings. The van der Waals surface area contributed by atoms with Crippen molar-refractivity contribution in [1.82, 2.24) is 5.32 Å². The summed E-state index contributed by atoms with van der Waals surface area (Å²) >= 11 is 0. The summed E-state index contributed by atoms with van der Waals surface area (Å²) in [7, 11) is 0. The van der Waals surface area contributed by atoms with Crippen molar-refractivity contribution in [1.29, 1.82) is 0 Å². The molecule has 3 atom stereocenters. The number of hydrogen-bond donors (Lipinski definition) is 1. The first-order chi connectivity index (χ1) is 8.19. The van der Waals surface area contributed by atoms with Crippen LogP contribution in [0.4, 0.5) is 4.39 Å². The Morgan fingerprint density at radius 3 is 2.59 bits per heavy atom. The zero-order valence-electron chi connectivity index (χ0n) is 10.7. The van der Waals surface area contributed by atoms with Gasteiger partial charge in [-0.05, 0) is 49.8 Å². The Balaban J connectivity index is 1.89. The van der Waals surface area contributed by atoms with Crippen LogP contribution in [0.3, 0.4) is 0 Å². The number of hydrogen-bond acceptors (Lipinski definition) is 1. The van der Waals surface area contributed by atoms with E-state index in [0.29, 0.717) is 12.1 Å². The fourth-order valence-electron chi connectivity index (χ4n) is 2.80. The zero-order chi connectivity index (χ0) is 12.3. The molecule has 1 fully saturated rings. The fraction of sp³-hybridized carbons (Fsp3) is 0.600. The van der Waals surface area contributed by atoms with Gasteiger partial charge in [0.2, 0.25) is 0 Å². The topological polar surface area (TPSA) is 12.0 Å². The maximum absolute atomic E-state index is 12.8. The summed E-state index contributed by atoms with van der Waals surface area (Å²) in [5, 5.41) is 3.66. The summed E-state index contributed by atoms with van der Waals surface area (Å²) in [5.74, 6) is 0.737. The number of rotatable bonds is 4. The first kappa shape index (κ1) is 12.6. The Morgan fingerprint density at radius 2 is 2.00 bits per heavy atom. The molecule has 1 nitrogen and oxygen atoms in total. The third kappa shape index (κ3) is 3.29. The molecule has 0 aromatic heterocycles. The summed E-state index contributed by atoms with van der Waals surface area (Å²) in [5.41, 5.74) is 1.17. The first-order valence-corrected chi connectivity index (χ1v) is 6.70. The Hall–Kier alpha value is -0.890. The van der Waals surface area contributed by atoms with E-state index < -0.39 is 0 Å². The maximum Gasteiger partial charge on any atom is 0.123 e. The van der Waals surface area contributed by atoms with Gasteiger partial charge in [-0.3, -0.25) is 0 Å². The lowest BCUT2D eigenvalue weighted by molar-refractivity contribution is 0.437. The largest absolute Gasteiger partial charge is 0.307 e. The maximum atomic E-state index is 12.8. The van der Waals surface area contributed by atoms with E-state index in [9.17, 15) is 4.39 Å². The molecule has 0 radical (unpaired) electrons. The minimum Gasteiger partial charge on any atom is -0.307 e. The molecule has 0 saturated heterocycles. The third-order valence-corrected chi connectivity index (χ3v) is 3.97. The Kier molecular flexibility index (Phi) is 4.16. The first-order valence-electron chi connectivity index (χ1n) is 6.70. The summed E-state index contributed by atoms with van der Waals surface area (Å²) in [6, 6.07) is 7.78. The standard InChI is InChI=1S/C15H22FN/c1-3-12-4-9-15(10-12)17-11(2)13-5-7-14(16)8-6-13/h5-8,11-12,15,17H,3-4,9-10H2,1-2H3/t11-,12?,15?/m0/s1. The van der Waals surface area contributed by atoms with Crippen LogP contribution in [0.15, 0.2) is 24.3 Å². The lowest BCUT2D eigenvalue weighted by Gasteiger charge is -2.20. The number of nitrogens with one attached hydrogen (secondary N) is 1. The predicted octanol–water partition coefficient (Wildman–Crippen LogP) is 4.06. The van der Waals surface area contributed by atoms with E-state index in [1.807, 2.05) is 12.1 Å². The van der Waals surface area contributed by atoms with E-state index in [2.05, 4.69) is 19.2 Å². The molecule has 2 rings (SSSR count). The van der Waals surface area contributed by atoms with Crippen LogP contribution in [0.1, 0.15) is 51.1 Å². The average molecular weight is 235 g/mol. The van der Waals surface area contributed by atoms with Gasteiger partial charge in [0.15, 0.2) is 0 Å². The molecule has 0 amide bonds. The highest BCUT2D eigenvalue weighted by atomic mass is 19.1. The highest BCUT2D eigenvalue weighted by molar-refractivity contribution is 5.19. The second-order valence-corrected chi connectivity index (χ2v) is 5.22. The highest BCUT2D eigenvalue weighted by Gasteiger charge is 2.24. The monoisotopic (exact) mass is 235 g/mol. The van der Waals surface area contributed by atoms with E-state index in [4.69, 9.17) is 0 Å². The van der Waals surface area contributed by atoms with Gasteiger partial charge in [-0.2, -0.15) is 0 Å². The van der Waals surface area contributed by atoms with Crippen molar-refractivity contribution in [2.75, 3.05) is 0 Å². The predicted molar refractivity (Wildman–Crippen MR) is 69.4 cm³/mol. The zero-order valence-corrected chi connectivity index (χ0v) is 10.7. The molecule has 0 spiro atoms. The summed E-state index contributed by atoms with van der Waals surface area (Å²) in [6.45, 7) is 4.43. The van der Waals surface area contributed by atoms with Gasteiger partial charge >= 0.3 is 0 Å². The molecule has 0 bridgehead atoms. The highest BCUT2D eigenvalue weighted by Crippen LogP contribution is 2.29. The van der Waals surface area contributed by atoms with Crippen molar-refractivity contribution in [3.63, 3.8) is 0 Å². The van der Waals surface area contributed by atoms with Crippen LogP contribution in [0, 0.1) is 11.7 Å². The minimum absolute atomic E-state index is 0.159. The van der Waals surface area contributed by atoms with Gasteiger partial charge in [0.05, 0.1) is 0 Å². The van der Waals surface area contributed by atoms with Crippen LogP contribution in [0.25, 0.3) is 0 Å². The lowest BCUT2D eigenvalue weighted by atomic mass is 10.0. The molecular formula is C15H22FN. The van der Waals surface area contributed by atoms with Crippen LogP contribution in [0.2, 0.25) is 0 Å². The van der Waals surface area contributed by atoms with Crippen molar-refractivity contribution >= 4 is 0 Å². The molecule has 0 heterocycles. The molecular weight excluding hydrogens is 213 g/mol. The van der Waals surface area contributed by atoms with Gasteiger partial charge in [-0.25, -0.2) is 4.39 Å². The molecule has 17 heavy (non-hydrogen) atoms. The Morgan fingerprint density at radius 1 is 1.29 bits per heavy atom. The van der Waals surface area contributed by atoms with Gasteiger partial charge in [-0.15, -0.1) is 0 Å². The summed E-state index contributed by atoms with van der Waals surface area (Å²) < 4.78 is 12.8. The molecule has 1 saturated carbocycles. The van der Waals surface area contributed by atoms with Gasteiger partial charge in [-0.1, -0.05) is 25.5 Å². The van der Waals surface area contributed by atoms with E-state index in [0.717, 1.165) is 5.92 Å². The molecule has 2 heteroatoms. The van der Waals surface area contributed by atoms with E-state index in [-0.39, 0.29) is 5.82 Å². The molecule has 2 unspecified atom stereocenters. The smallest absolute Gasteiger partial charge is 0.123 e. The van der Waals surface area contributed by atoms with Crippen LogP contribution < -0.4 is 5.32 Å². The van der Waals surface area contributed by atoms with Gasteiger partial charge in [0, 0.05) is 12.1 Å². The van der Waals surface area contributed by atoms with Crippen LogP contribution >= 0.6 is 0 Å². The molecule has 0 aliphatic heterocycles. The summed E-state index contributed by atoms with van der Waals surface area (Å²) in [6.07, 6.45) is 5.22. The van der Waals surface area contributed by atoms with Crippen molar-refractivity contribution in [2.24, 2.45) is 5.92 Å².